The summed E-state index contributed by atoms with van der Waals surface area (Å²) in [5.74, 6) is -1.08. The third-order valence-corrected chi connectivity index (χ3v) is 5.48. The first-order valence-corrected chi connectivity index (χ1v) is 11.8. The molecule has 0 amide bonds. The van der Waals surface area contributed by atoms with Crippen molar-refractivity contribution in [2.24, 2.45) is 0 Å². The highest BCUT2D eigenvalue weighted by molar-refractivity contribution is 6.01. The molecular weight excluding hydrogens is 433 g/mol. The van der Waals surface area contributed by atoms with E-state index in [4.69, 9.17) is 9.47 Å². The fraction of sp³-hybridized carbons (Fsp3) is 0.357. The molecule has 3 rings (SSSR count). The van der Waals surface area contributed by atoms with Gasteiger partial charge in [0.25, 0.3) is 0 Å². The Morgan fingerprint density at radius 1 is 1.03 bits per heavy atom. The first kappa shape index (κ1) is 25.2. The summed E-state index contributed by atoms with van der Waals surface area (Å²) in [7, 11) is 0. The molecule has 1 atom stereocenters. The summed E-state index contributed by atoms with van der Waals surface area (Å²) < 4.78 is 26.5. The molecule has 3 aromatic rings. The molecule has 34 heavy (non-hydrogen) atoms. The first-order chi connectivity index (χ1) is 16.3. The number of aromatic nitrogens is 1. The molecule has 5 nitrogen and oxygen atoms in total. The maximum atomic E-state index is 13.7. The summed E-state index contributed by atoms with van der Waals surface area (Å²) in [6, 6.07) is 14.6. The SMILES string of the molecule is CCCC(=O)O[C@H](/C=C/c1c(-c2ccc(F)cc2)c2ccccc2n1C(C)C)CC(=O)OCC. The number of fused-ring (bicyclic) bond motifs is 1. The van der Waals surface area contributed by atoms with Crippen molar-refractivity contribution in [3.63, 3.8) is 0 Å². The van der Waals surface area contributed by atoms with Crippen molar-refractivity contribution in [2.45, 2.75) is 59.1 Å². The van der Waals surface area contributed by atoms with Crippen molar-refractivity contribution in [2.75, 3.05) is 6.61 Å². The lowest BCUT2D eigenvalue weighted by Gasteiger charge is -2.16. The number of ether oxygens (including phenoxy) is 2. The molecule has 0 saturated carbocycles. The van der Waals surface area contributed by atoms with Gasteiger partial charge in [-0.05, 0) is 63.1 Å². The second-order valence-corrected chi connectivity index (χ2v) is 8.39. The maximum absolute atomic E-state index is 13.7. The largest absolute Gasteiger partial charge is 0.466 e. The second kappa shape index (κ2) is 11.6. The zero-order valence-corrected chi connectivity index (χ0v) is 20.2. The van der Waals surface area contributed by atoms with Crippen LogP contribution in [-0.4, -0.2) is 29.2 Å². The van der Waals surface area contributed by atoms with Crippen LogP contribution in [0.1, 0.15) is 58.7 Å². The Balaban J connectivity index is 2.12. The van der Waals surface area contributed by atoms with Crippen LogP contribution >= 0.6 is 0 Å². The van der Waals surface area contributed by atoms with Crippen molar-refractivity contribution in [1.82, 2.24) is 4.57 Å². The summed E-state index contributed by atoms with van der Waals surface area (Å²) >= 11 is 0. The Labute approximate surface area is 200 Å². The molecule has 0 aliphatic carbocycles. The first-order valence-electron chi connectivity index (χ1n) is 11.8. The van der Waals surface area contributed by atoms with E-state index in [-0.39, 0.29) is 37.3 Å². The molecule has 0 radical (unpaired) electrons. The van der Waals surface area contributed by atoms with Crippen LogP contribution in [0.25, 0.3) is 28.1 Å². The summed E-state index contributed by atoms with van der Waals surface area (Å²) in [6.07, 6.45) is 3.75. The second-order valence-electron chi connectivity index (χ2n) is 8.39. The number of carbonyl (C=O) groups excluding carboxylic acids is 2. The number of para-hydroxylation sites is 1. The van der Waals surface area contributed by atoms with Gasteiger partial charge in [0, 0.05) is 34.6 Å². The highest BCUT2D eigenvalue weighted by atomic mass is 19.1. The van der Waals surface area contributed by atoms with Gasteiger partial charge in [-0.3, -0.25) is 9.59 Å². The number of hydrogen-bond donors (Lipinski definition) is 0. The normalized spacial score (nSPS) is 12.4. The van der Waals surface area contributed by atoms with Gasteiger partial charge in [0.2, 0.25) is 0 Å². The molecule has 0 bridgehead atoms. The van der Waals surface area contributed by atoms with Crippen molar-refractivity contribution in [3.8, 4) is 11.1 Å². The molecule has 180 valence electrons. The fourth-order valence-electron chi connectivity index (χ4n) is 4.09. The molecule has 0 N–H and O–H groups in total. The number of hydrogen-bond acceptors (Lipinski definition) is 4. The van der Waals surface area contributed by atoms with E-state index in [2.05, 4.69) is 24.5 Å². The minimum atomic E-state index is -0.752. The van der Waals surface area contributed by atoms with E-state index in [1.165, 1.54) is 12.1 Å². The molecule has 0 spiro atoms. The molecule has 0 aliphatic rings. The van der Waals surface area contributed by atoms with Gasteiger partial charge in [-0.2, -0.15) is 0 Å². The monoisotopic (exact) mass is 465 g/mol. The lowest BCUT2D eigenvalue weighted by atomic mass is 10.0. The number of rotatable bonds is 10. The lowest BCUT2D eigenvalue weighted by Crippen LogP contribution is -2.21. The smallest absolute Gasteiger partial charge is 0.309 e. The molecule has 0 saturated heterocycles. The lowest BCUT2D eigenvalue weighted by molar-refractivity contribution is -0.152. The molecule has 1 heterocycles. The summed E-state index contributed by atoms with van der Waals surface area (Å²) in [5.41, 5.74) is 3.77. The van der Waals surface area contributed by atoms with Crippen molar-refractivity contribution in [1.29, 1.82) is 0 Å². The minimum absolute atomic E-state index is 0.0619. The number of halogens is 1. The zero-order chi connectivity index (χ0) is 24.7. The average Bonchev–Trinajstić information content (AvgIpc) is 3.12. The van der Waals surface area contributed by atoms with Gasteiger partial charge in [-0.25, -0.2) is 4.39 Å². The van der Waals surface area contributed by atoms with E-state index >= 15 is 0 Å². The van der Waals surface area contributed by atoms with Crippen molar-refractivity contribution >= 4 is 28.9 Å². The van der Waals surface area contributed by atoms with Crippen LogP contribution in [0.3, 0.4) is 0 Å². The highest BCUT2D eigenvalue weighted by Crippen LogP contribution is 2.38. The minimum Gasteiger partial charge on any atom is -0.466 e. The zero-order valence-electron chi connectivity index (χ0n) is 20.2. The Morgan fingerprint density at radius 3 is 2.38 bits per heavy atom. The molecule has 1 aromatic heterocycles. The average molecular weight is 466 g/mol. The van der Waals surface area contributed by atoms with Crippen LogP contribution in [-0.2, 0) is 19.1 Å². The Bertz CT molecular complexity index is 1140. The van der Waals surface area contributed by atoms with Gasteiger partial charge in [0.05, 0.1) is 13.0 Å². The summed E-state index contributed by atoms with van der Waals surface area (Å²) in [6.45, 7) is 8.08. The summed E-state index contributed by atoms with van der Waals surface area (Å²) in [5, 5.41) is 1.03. The predicted octanol–water partition coefficient (Wildman–Crippen LogP) is 6.71. The van der Waals surface area contributed by atoms with Crippen LogP contribution in [0.2, 0.25) is 0 Å². The van der Waals surface area contributed by atoms with E-state index in [1.54, 1.807) is 25.1 Å². The third kappa shape index (κ3) is 5.93. The Morgan fingerprint density at radius 2 is 1.74 bits per heavy atom. The highest BCUT2D eigenvalue weighted by Gasteiger charge is 2.21. The maximum Gasteiger partial charge on any atom is 0.309 e. The third-order valence-electron chi connectivity index (χ3n) is 5.48. The van der Waals surface area contributed by atoms with E-state index in [9.17, 15) is 14.0 Å². The number of carbonyl (C=O) groups is 2. The van der Waals surface area contributed by atoms with Crippen LogP contribution < -0.4 is 0 Å². The van der Waals surface area contributed by atoms with E-state index < -0.39 is 12.1 Å². The van der Waals surface area contributed by atoms with Crippen LogP contribution in [0.5, 0.6) is 0 Å². The fourth-order valence-corrected chi connectivity index (χ4v) is 4.09. The molecule has 0 unspecified atom stereocenters. The topological polar surface area (TPSA) is 57.5 Å². The molecule has 0 fully saturated rings. The number of esters is 2. The Hall–Kier alpha value is -3.41. The van der Waals surface area contributed by atoms with Crippen LogP contribution in [0.15, 0.2) is 54.6 Å². The summed E-state index contributed by atoms with van der Waals surface area (Å²) in [4.78, 5) is 24.3. The Kier molecular flexibility index (Phi) is 8.63. The van der Waals surface area contributed by atoms with Crippen LogP contribution in [0.4, 0.5) is 4.39 Å². The molecular formula is C28H32FNO4. The van der Waals surface area contributed by atoms with E-state index in [0.29, 0.717) is 6.42 Å². The van der Waals surface area contributed by atoms with Crippen molar-refractivity contribution < 1.29 is 23.5 Å². The molecule has 2 aromatic carbocycles. The van der Waals surface area contributed by atoms with Gasteiger partial charge in [-0.1, -0.05) is 37.3 Å². The van der Waals surface area contributed by atoms with Gasteiger partial charge < -0.3 is 14.0 Å². The van der Waals surface area contributed by atoms with Gasteiger partial charge >= 0.3 is 11.9 Å². The number of nitrogens with zero attached hydrogens (tertiary/aromatic N) is 1. The van der Waals surface area contributed by atoms with E-state index in [0.717, 1.165) is 27.7 Å². The number of benzene rings is 2. The predicted molar refractivity (Wildman–Crippen MR) is 133 cm³/mol. The van der Waals surface area contributed by atoms with Gasteiger partial charge in [0.15, 0.2) is 0 Å². The van der Waals surface area contributed by atoms with Gasteiger partial charge in [0.1, 0.15) is 11.9 Å². The standard InChI is InChI=1S/C28H32FNO4/c1-5-9-26(31)34-22(18-27(32)33-6-2)16-17-25-28(20-12-14-21(29)15-13-20)23-10-7-8-11-24(23)30(25)19(3)4/h7-8,10-17,19,22H,5-6,9,18H2,1-4H3/b17-16+/t22-/m1/s1. The molecule has 6 heteroatoms. The van der Waals surface area contributed by atoms with Crippen molar-refractivity contribution in [3.05, 3.63) is 66.1 Å². The van der Waals surface area contributed by atoms with E-state index in [1.807, 2.05) is 31.2 Å². The quantitative estimate of drug-likeness (QED) is 0.312. The molecule has 0 aliphatic heterocycles. The van der Waals surface area contributed by atoms with Crippen LogP contribution in [0, 0.1) is 5.82 Å². The van der Waals surface area contributed by atoms with Gasteiger partial charge in [-0.15, -0.1) is 0 Å².